The Kier molecular flexibility index (Phi) is 8.52. The third-order valence-electron chi connectivity index (χ3n) is 5.51. The van der Waals surface area contributed by atoms with E-state index in [0.29, 0.717) is 50.0 Å². The number of ether oxygens (including phenoxy) is 1. The fourth-order valence-corrected chi connectivity index (χ4v) is 4.67. The molecule has 4 rings (SSSR count). The Labute approximate surface area is 228 Å². The molecule has 0 spiro atoms. The highest BCUT2D eigenvalue weighted by Gasteiger charge is 2.22. The number of pyridine rings is 1. The summed E-state index contributed by atoms with van der Waals surface area (Å²) in [5.74, 6) is 1.93. The van der Waals surface area contributed by atoms with E-state index in [4.69, 9.17) is 38.2 Å². The molecule has 0 bridgehead atoms. The summed E-state index contributed by atoms with van der Waals surface area (Å²) in [7, 11) is 0. The van der Waals surface area contributed by atoms with Gasteiger partial charge in [0.2, 0.25) is 11.6 Å². The smallest absolute Gasteiger partial charge is 0.236 e. The van der Waals surface area contributed by atoms with Gasteiger partial charge in [-0.2, -0.15) is 5.26 Å². The Balaban J connectivity index is 1.63. The Bertz CT molecular complexity index is 1530. The molecule has 2 heterocycles. The molecule has 1 atom stereocenters. The molecule has 0 aliphatic heterocycles. The van der Waals surface area contributed by atoms with E-state index in [2.05, 4.69) is 20.9 Å². The number of nitriles is 1. The van der Waals surface area contributed by atoms with E-state index >= 15 is 0 Å². The first-order chi connectivity index (χ1) is 18.3. The molecule has 0 amide bonds. The molecule has 11 heteroatoms. The molecule has 0 aliphatic rings. The molecule has 38 heavy (non-hydrogen) atoms. The Hall–Kier alpha value is -4.06. The molecule has 4 N–H and O–H groups in total. The first-order valence-corrected chi connectivity index (χ1v) is 12.7. The molecule has 4 aromatic rings. The van der Waals surface area contributed by atoms with Crippen LogP contribution < -0.4 is 10.5 Å². The normalized spacial score (nSPS) is 11.5. The van der Waals surface area contributed by atoms with Crippen LogP contribution in [-0.4, -0.2) is 39.5 Å². The number of halogens is 1. The lowest BCUT2D eigenvalue weighted by atomic mass is 10.00. The van der Waals surface area contributed by atoms with Gasteiger partial charge in [0.25, 0.3) is 0 Å². The summed E-state index contributed by atoms with van der Waals surface area (Å²) in [4.78, 5) is 12.5. The van der Waals surface area contributed by atoms with Gasteiger partial charge in [-0.25, -0.2) is 14.8 Å². The maximum Gasteiger partial charge on any atom is 0.236 e. The van der Waals surface area contributed by atoms with Crippen LogP contribution in [0.4, 0.5) is 11.5 Å². The number of nitrogens with zero attached hydrogens (tertiary/aromatic N) is 4. The number of hydrogen-bond acceptors (Lipinski definition) is 9. The molecule has 2 aromatic carbocycles. The third kappa shape index (κ3) is 5.91. The molecule has 192 valence electrons. The van der Waals surface area contributed by atoms with Gasteiger partial charge in [0.05, 0.1) is 24.4 Å². The number of rotatable bonds is 9. The number of nitrogens with two attached hydrogens (primary N) is 1. The van der Waals surface area contributed by atoms with Crippen molar-refractivity contribution in [1.82, 2.24) is 9.97 Å². The number of oxazole rings is 1. The maximum absolute atomic E-state index is 10.1. The topological polar surface area (TPSA) is 143 Å². The van der Waals surface area contributed by atoms with Crippen LogP contribution >= 0.6 is 23.4 Å². The van der Waals surface area contributed by atoms with Gasteiger partial charge in [-0.15, -0.1) is 0 Å². The molecule has 0 unspecified atom stereocenters. The number of thioether (sulfide) groups is 1. The predicted molar refractivity (Wildman–Crippen MR) is 145 cm³/mol. The zero-order chi connectivity index (χ0) is 27.2. The number of benzene rings is 2. The van der Waals surface area contributed by atoms with Crippen molar-refractivity contribution >= 4 is 34.9 Å². The Morgan fingerprint density at radius 1 is 1.18 bits per heavy atom. The molecule has 0 saturated heterocycles. The van der Waals surface area contributed by atoms with Crippen molar-refractivity contribution < 1.29 is 19.4 Å². The lowest BCUT2D eigenvalue weighted by Crippen LogP contribution is -2.21. The van der Waals surface area contributed by atoms with Crippen molar-refractivity contribution in [2.24, 2.45) is 0 Å². The number of aliphatic hydroxyl groups excluding tert-OH is 2. The predicted octanol–water partition coefficient (Wildman–Crippen LogP) is 5.39. The quantitative estimate of drug-likeness (QED) is 0.185. The summed E-state index contributed by atoms with van der Waals surface area (Å²) in [5, 5.41) is 29.5. The number of hydrogen-bond donors (Lipinski definition) is 3. The average molecular weight is 548 g/mol. The molecule has 2 aromatic heterocycles. The molecular formula is C27H22ClN5O4S. The second-order valence-electron chi connectivity index (χ2n) is 8.11. The van der Waals surface area contributed by atoms with E-state index in [-0.39, 0.29) is 23.7 Å². The second-order valence-corrected chi connectivity index (χ2v) is 9.51. The van der Waals surface area contributed by atoms with Crippen LogP contribution in [0.5, 0.6) is 5.75 Å². The average Bonchev–Trinajstić information content (AvgIpc) is 3.30. The van der Waals surface area contributed by atoms with Crippen molar-refractivity contribution in [2.45, 2.75) is 23.8 Å². The largest absolute Gasteiger partial charge is 0.491 e. The van der Waals surface area contributed by atoms with Gasteiger partial charge in [0.1, 0.15) is 41.1 Å². The van der Waals surface area contributed by atoms with Gasteiger partial charge >= 0.3 is 0 Å². The Morgan fingerprint density at radius 3 is 2.50 bits per heavy atom. The van der Waals surface area contributed by atoms with Gasteiger partial charge in [-0.1, -0.05) is 35.5 Å². The van der Waals surface area contributed by atoms with E-state index in [1.165, 1.54) is 11.8 Å². The van der Waals surface area contributed by atoms with Crippen molar-refractivity contribution in [3.05, 3.63) is 82.0 Å². The van der Waals surface area contributed by atoms with Crippen molar-refractivity contribution in [3.8, 4) is 34.4 Å². The minimum Gasteiger partial charge on any atom is -0.491 e. The number of aliphatic hydroxyl groups is 2. The van der Waals surface area contributed by atoms with Crippen LogP contribution in [0.15, 0.2) is 58.0 Å². The summed E-state index contributed by atoms with van der Waals surface area (Å²) >= 11 is 7.24. The summed E-state index contributed by atoms with van der Waals surface area (Å²) in [5.41, 5.74) is 8.88. The van der Waals surface area contributed by atoms with Gasteiger partial charge < -0.3 is 25.1 Å². The van der Waals surface area contributed by atoms with E-state index in [1.807, 2.05) is 19.1 Å². The standard InChI is InChI=1S/C27H22ClN5O4S/c1-15-22(32-26(37-15)17-3-7-18(28)8-4-17)14-38-27-21(11-29)23(24(31-2)25(30)33-27)16-5-9-20(10-6-16)36-13-19(35)12-34/h3-10,19,34-35H,12-14H2,1H3,(H2,30,33)/t19-/m1/s1. The highest BCUT2D eigenvalue weighted by molar-refractivity contribution is 7.98. The van der Waals surface area contributed by atoms with E-state index in [1.54, 1.807) is 36.4 Å². The third-order valence-corrected chi connectivity index (χ3v) is 6.75. The molecule has 0 fully saturated rings. The van der Waals surface area contributed by atoms with Crippen molar-refractivity contribution in [3.63, 3.8) is 0 Å². The molecule has 0 saturated carbocycles. The van der Waals surface area contributed by atoms with Crippen LogP contribution in [-0.2, 0) is 5.75 Å². The highest BCUT2D eigenvalue weighted by atomic mass is 35.5. The lowest BCUT2D eigenvalue weighted by molar-refractivity contribution is 0.0536. The zero-order valence-electron chi connectivity index (χ0n) is 20.2. The molecule has 9 nitrogen and oxygen atoms in total. The van der Waals surface area contributed by atoms with Crippen molar-refractivity contribution in [1.29, 1.82) is 5.26 Å². The minimum absolute atomic E-state index is 0.0154. The Morgan fingerprint density at radius 2 is 1.87 bits per heavy atom. The number of aryl methyl sites for hydroxylation is 1. The maximum atomic E-state index is 10.1. The van der Waals surface area contributed by atoms with Gasteiger partial charge in [0.15, 0.2) is 0 Å². The fourth-order valence-electron chi connectivity index (χ4n) is 3.55. The summed E-state index contributed by atoms with van der Waals surface area (Å²) in [6.45, 7) is 8.97. The van der Waals surface area contributed by atoms with Crippen LogP contribution in [0.25, 0.3) is 27.4 Å². The fraction of sp³-hybridized carbons (Fsp3) is 0.185. The monoisotopic (exact) mass is 547 g/mol. The number of anilines is 1. The number of nitrogen functional groups attached to an aromatic ring is 1. The second kappa shape index (κ2) is 12.0. The van der Waals surface area contributed by atoms with Crippen LogP contribution in [0.3, 0.4) is 0 Å². The van der Waals surface area contributed by atoms with Gasteiger partial charge in [0, 0.05) is 21.9 Å². The zero-order valence-corrected chi connectivity index (χ0v) is 21.8. The van der Waals surface area contributed by atoms with Crippen LogP contribution in [0, 0.1) is 24.8 Å². The minimum atomic E-state index is -0.996. The first kappa shape index (κ1) is 27.0. The molecule has 0 aliphatic carbocycles. The first-order valence-electron chi connectivity index (χ1n) is 11.3. The van der Waals surface area contributed by atoms with Crippen LogP contribution in [0.1, 0.15) is 17.0 Å². The van der Waals surface area contributed by atoms with Crippen molar-refractivity contribution in [2.75, 3.05) is 18.9 Å². The summed E-state index contributed by atoms with van der Waals surface area (Å²) in [6.07, 6.45) is -0.996. The lowest BCUT2D eigenvalue weighted by Gasteiger charge is -2.14. The molecular weight excluding hydrogens is 526 g/mol. The SMILES string of the molecule is [C-]#[N+]c1c(N)nc(SCc2nc(-c3ccc(Cl)cc3)oc2C)c(C#N)c1-c1ccc(OC[C@H](O)CO)cc1. The highest BCUT2D eigenvalue weighted by Crippen LogP contribution is 2.42. The summed E-state index contributed by atoms with van der Waals surface area (Å²) in [6, 6.07) is 16.0. The van der Waals surface area contributed by atoms with Crippen LogP contribution in [0.2, 0.25) is 5.02 Å². The summed E-state index contributed by atoms with van der Waals surface area (Å²) < 4.78 is 11.3. The van der Waals surface area contributed by atoms with E-state index < -0.39 is 12.7 Å². The van der Waals surface area contributed by atoms with Gasteiger partial charge in [-0.3, -0.25) is 0 Å². The molecule has 0 radical (unpaired) electrons. The number of aromatic nitrogens is 2. The van der Waals surface area contributed by atoms with E-state index in [0.717, 1.165) is 5.56 Å². The van der Waals surface area contributed by atoms with Gasteiger partial charge in [-0.05, 0) is 48.9 Å². The van der Waals surface area contributed by atoms with E-state index in [9.17, 15) is 10.4 Å².